The van der Waals surface area contributed by atoms with Crippen LogP contribution in [0.2, 0.25) is 0 Å². The van der Waals surface area contributed by atoms with Crippen molar-refractivity contribution >= 4 is 11.8 Å². The molecule has 1 aliphatic heterocycles. The first kappa shape index (κ1) is 16.2. The van der Waals surface area contributed by atoms with Crippen LogP contribution in [0, 0.1) is 0 Å². The Morgan fingerprint density at radius 3 is 2.33 bits per heavy atom. The molecule has 6 heteroatoms. The number of morpholine rings is 1. The van der Waals surface area contributed by atoms with E-state index in [1.807, 2.05) is 18.2 Å². The molecule has 1 heterocycles. The molecule has 0 radical (unpaired) electrons. The minimum absolute atomic E-state index is 0.00331. The number of amides is 2. The lowest BCUT2D eigenvalue weighted by Gasteiger charge is -2.27. The lowest BCUT2D eigenvalue weighted by atomic mass is 10.0. The standard InChI is InChI=1S/C18H18N2O4/c21-17(19-23)14-6-4-13(5-7-14)15-2-1-3-16(12-15)18(22)20-8-10-24-11-9-20/h1-7,12,23H,8-11H2,(H,19,21). The molecule has 2 N–H and O–H groups in total. The number of benzene rings is 2. The summed E-state index contributed by atoms with van der Waals surface area (Å²) in [7, 11) is 0. The van der Waals surface area contributed by atoms with Crippen LogP contribution in [-0.2, 0) is 4.74 Å². The zero-order valence-electron chi connectivity index (χ0n) is 13.1. The molecule has 2 aromatic carbocycles. The summed E-state index contributed by atoms with van der Waals surface area (Å²) in [6.45, 7) is 2.35. The SMILES string of the molecule is O=C(NO)c1ccc(-c2cccc(C(=O)N3CCOCC3)c2)cc1. The fraction of sp³-hybridized carbons (Fsp3) is 0.222. The van der Waals surface area contributed by atoms with E-state index in [0.29, 0.717) is 37.4 Å². The minimum atomic E-state index is -0.558. The van der Waals surface area contributed by atoms with E-state index in [9.17, 15) is 9.59 Å². The Hall–Kier alpha value is -2.70. The van der Waals surface area contributed by atoms with Crippen LogP contribution in [0.5, 0.6) is 0 Å². The third-order valence-electron chi connectivity index (χ3n) is 3.99. The summed E-state index contributed by atoms with van der Waals surface area (Å²) in [4.78, 5) is 25.7. The quantitative estimate of drug-likeness (QED) is 0.667. The number of ether oxygens (including phenoxy) is 1. The highest BCUT2D eigenvalue weighted by Crippen LogP contribution is 2.22. The summed E-state index contributed by atoms with van der Waals surface area (Å²) in [6.07, 6.45) is 0. The highest BCUT2D eigenvalue weighted by Gasteiger charge is 2.18. The van der Waals surface area contributed by atoms with Gasteiger partial charge in [0.15, 0.2) is 0 Å². The first-order valence-corrected chi connectivity index (χ1v) is 7.71. The van der Waals surface area contributed by atoms with Gasteiger partial charge in [-0.25, -0.2) is 5.48 Å². The van der Waals surface area contributed by atoms with Gasteiger partial charge in [0, 0.05) is 24.2 Å². The Balaban J connectivity index is 1.82. The molecule has 0 atom stereocenters. The second-order valence-corrected chi connectivity index (χ2v) is 5.50. The van der Waals surface area contributed by atoms with E-state index in [-0.39, 0.29) is 5.91 Å². The van der Waals surface area contributed by atoms with E-state index in [2.05, 4.69) is 0 Å². The van der Waals surface area contributed by atoms with Crippen LogP contribution in [0.1, 0.15) is 20.7 Å². The third-order valence-corrected chi connectivity index (χ3v) is 3.99. The van der Waals surface area contributed by atoms with E-state index >= 15 is 0 Å². The van der Waals surface area contributed by atoms with Gasteiger partial charge in [0.2, 0.25) is 0 Å². The molecule has 2 aromatic rings. The number of hydroxylamine groups is 1. The number of rotatable bonds is 3. The molecule has 0 bridgehead atoms. The number of carbonyl (C=O) groups excluding carboxylic acids is 2. The third kappa shape index (κ3) is 3.45. The van der Waals surface area contributed by atoms with Crippen LogP contribution >= 0.6 is 0 Å². The average molecular weight is 326 g/mol. The maximum absolute atomic E-state index is 12.6. The molecule has 3 rings (SSSR count). The van der Waals surface area contributed by atoms with Crippen LogP contribution in [0.3, 0.4) is 0 Å². The van der Waals surface area contributed by atoms with Crippen molar-refractivity contribution in [3.63, 3.8) is 0 Å². The van der Waals surface area contributed by atoms with Crippen LogP contribution < -0.4 is 5.48 Å². The summed E-state index contributed by atoms with van der Waals surface area (Å²) in [6, 6.07) is 14.2. The van der Waals surface area contributed by atoms with Gasteiger partial charge in [-0.3, -0.25) is 14.8 Å². The summed E-state index contributed by atoms with van der Waals surface area (Å²) in [5.41, 5.74) is 4.38. The van der Waals surface area contributed by atoms with Crippen LogP contribution in [0.15, 0.2) is 48.5 Å². The molecule has 6 nitrogen and oxygen atoms in total. The zero-order chi connectivity index (χ0) is 16.9. The molecule has 1 aliphatic rings. The van der Waals surface area contributed by atoms with Gasteiger partial charge < -0.3 is 9.64 Å². The number of carbonyl (C=O) groups is 2. The second kappa shape index (κ2) is 7.25. The molecular formula is C18H18N2O4. The highest BCUT2D eigenvalue weighted by atomic mass is 16.5. The van der Waals surface area contributed by atoms with E-state index in [0.717, 1.165) is 11.1 Å². The van der Waals surface area contributed by atoms with Gasteiger partial charge in [0.25, 0.3) is 11.8 Å². The molecule has 1 fully saturated rings. The van der Waals surface area contributed by atoms with Crippen LogP contribution in [-0.4, -0.2) is 48.2 Å². The summed E-state index contributed by atoms with van der Waals surface area (Å²) in [5.74, 6) is -0.561. The molecule has 0 spiro atoms. The van der Waals surface area contributed by atoms with E-state index in [1.54, 1.807) is 40.7 Å². The highest BCUT2D eigenvalue weighted by molar-refractivity contribution is 5.96. The smallest absolute Gasteiger partial charge is 0.274 e. The molecular weight excluding hydrogens is 308 g/mol. The van der Waals surface area contributed by atoms with Crippen molar-refractivity contribution in [2.24, 2.45) is 0 Å². The van der Waals surface area contributed by atoms with Gasteiger partial charge in [0.1, 0.15) is 0 Å². The minimum Gasteiger partial charge on any atom is -0.378 e. The van der Waals surface area contributed by atoms with Crippen molar-refractivity contribution in [3.05, 3.63) is 59.7 Å². The average Bonchev–Trinajstić information content (AvgIpc) is 2.67. The van der Waals surface area contributed by atoms with Crippen LogP contribution in [0.4, 0.5) is 0 Å². The molecule has 0 aliphatic carbocycles. The van der Waals surface area contributed by atoms with Gasteiger partial charge in [-0.15, -0.1) is 0 Å². The fourth-order valence-corrected chi connectivity index (χ4v) is 2.66. The first-order valence-electron chi connectivity index (χ1n) is 7.71. The van der Waals surface area contributed by atoms with Gasteiger partial charge >= 0.3 is 0 Å². The largest absolute Gasteiger partial charge is 0.378 e. The van der Waals surface area contributed by atoms with Crippen molar-refractivity contribution in [3.8, 4) is 11.1 Å². The lowest BCUT2D eigenvalue weighted by molar-refractivity contribution is 0.0303. The van der Waals surface area contributed by atoms with Gasteiger partial charge in [-0.2, -0.15) is 0 Å². The Labute approximate surface area is 139 Å². The summed E-state index contributed by atoms with van der Waals surface area (Å²) in [5, 5.41) is 8.65. The number of hydrogen-bond donors (Lipinski definition) is 2. The molecule has 0 aromatic heterocycles. The summed E-state index contributed by atoms with van der Waals surface area (Å²) < 4.78 is 5.27. The Morgan fingerprint density at radius 1 is 0.958 bits per heavy atom. The van der Waals surface area contributed by atoms with E-state index in [4.69, 9.17) is 9.94 Å². The molecule has 1 saturated heterocycles. The molecule has 0 saturated carbocycles. The van der Waals surface area contributed by atoms with Gasteiger partial charge in [0.05, 0.1) is 13.2 Å². The Morgan fingerprint density at radius 2 is 1.67 bits per heavy atom. The molecule has 2 amide bonds. The van der Waals surface area contributed by atoms with Gasteiger partial charge in [-0.05, 0) is 35.4 Å². The lowest BCUT2D eigenvalue weighted by Crippen LogP contribution is -2.40. The number of nitrogens with one attached hydrogen (secondary N) is 1. The van der Waals surface area contributed by atoms with Crippen molar-refractivity contribution in [2.75, 3.05) is 26.3 Å². The predicted molar refractivity (Wildman–Crippen MR) is 87.9 cm³/mol. The maximum atomic E-state index is 12.6. The molecule has 124 valence electrons. The fourth-order valence-electron chi connectivity index (χ4n) is 2.66. The van der Waals surface area contributed by atoms with Crippen LogP contribution in [0.25, 0.3) is 11.1 Å². The van der Waals surface area contributed by atoms with E-state index in [1.165, 1.54) is 0 Å². The molecule has 24 heavy (non-hydrogen) atoms. The topological polar surface area (TPSA) is 78.9 Å². The van der Waals surface area contributed by atoms with E-state index < -0.39 is 5.91 Å². The maximum Gasteiger partial charge on any atom is 0.274 e. The summed E-state index contributed by atoms with van der Waals surface area (Å²) >= 11 is 0. The van der Waals surface area contributed by atoms with Gasteiger partial charge in [-0.1, -0.05) is 24.3 Å². The normalized spacial score (nSPS) is 14.3. The second-order valence-electron chi connectivity index (χ2n) is 5.50. The number of hydrogen-bond acceptors (Lipinski definition) is 4. The Kier molecular flexibility index (Phi) is 4.88. The van der Waals surface area contributed by atoms with Crippen molar-refractivity contribution in [1.29, 1.82) is 0 Å². The van der Waals surface area contributed by atoms with Crippen molar-refractivity contribution < 1.29 is 19.5 Å². The Bertz CT molecular complexity index is 737. The zero-order valence-corrected chi connectivity index (χ0v) is 13.1. The molecule has 0 unspecified atom stereocenters. The predicted octanol–water partition coefficient (Wildman–Crippen LogP) is 1.95. The number of nitrogens with zero attached hydrogens (tertiary/aromatic N) is 1. The van der Waals surface area contributed by atoms with Crippen molar-refractivity contribution in [1.82, 2.24) is 10.4 Å². The van der Waals surface area contributed by atoms with Crippen molar-refractivity contribution in [2.45, 2.75) is 0 Å². The monoisotopic (exact) mass is 326 g/mol. The first-order chi connectivity index (χ1) is 11.7.